The fraction of sp³-hybridized carbons (Fsp3) is 0.348. The fourth-order valence-corrected chi connectivity index (χ4v) is 4.09. The minimum atomic E-state index is 0.0150. The first kappa shape index (κ1) is 19.2. The number of fused-ring (bicyclic) bond motifs is 1. The van der Waals surface area contributed by atoms with Crippen LogP contribution in [0.25, 0.3) is 10.9 Å². The number of hydrogen-bond acceptors (Lipinski definition) is 4. The Balaban J connectivity index is 1.49. The third-order valence-corrected chi connectivity index (χ3v) is 5.74. The molecule has 1 N–H and O–H groups in total. The normalized spacial score (nSPS) is 14.8. The number of carbonyl (C=O) groups is 1. The molecule has 2 aromatic carbocycles. The highest BCUT2D eigenvalue weighted by Crippen LogP contribution is 2.35. The molecule has 4 rings (SSSR count). The van der Waals surface area contributed by atoms with Crippen molar-refractivity contribution in [3.8, 4) is 17.2 Å². The Labute approximate surface area is 170 Å². The van der Waals surface area contributed by atoms with Crippen molar-refractivity contribution in [2.75, 3.05) is 34.4 Å². The molecule has 3 aromatic rings. The van der Waals surface area contributed by atoms with Gasteiger partial charge in [-0.25, -0.2) is 0 Å². The SMILES string of the molecule is COc1cc(OC)cc(C(=O)N2CCC(c3c[nH]c4ccc(OC)cc34)CC2)c1. The van der Waals surface area contributed by atoms with E-state index in [-0.39, 0.29) is 5.91 Å². The van der Waals surface area contributed by atoms with Gasteiger partial charge in [-0.3, -0.25) is 4.79 Å². The number of piperidine rings is 1. The molecule has 0 aliphatic carbocycles. The maximum Gasteiger partial charge on any atom is 0.254 e. The van der Waals surface area contributed by atoms with Crippen LogP contribution in [0.5, 0.6) is 17.2 Å². The summed E-state index contributed by atoms with van der Waals surface area (Å²) in [5.41, 5.74) is 3.01. The molecule has 0 spiro atoms. The van der Waals surface area contributed by atoms with Crippen LogP contribution in [0.3, 0.4) is 0 Å². The van der Waals surface area contributed by atoms with Crippen molar-refractivity contribution < 1.29 is 19.0 Å². The second-order valence-electron chi connectivity index (χ2n) is 7.32. The molecule has 0 atom stereocenters. The van der Waals surface area contributed by atoms with Crippen LogP contribution in [0.4, 0.5) is 0 Å². The quantitative estimate of drug-likeness (QED) is 0.704. The van der Waals surface area contributed by atoms with Gasteiger partial charge in [0.2, 0.25) is 0 Å². The summed E-state index contributed by atoms with van der Waals surface area (Å²) in [5, 5.41) is 1.20. The molecule has 0 radical (unpaired) electrons. The highest BCUT2D eigenvalue weighted by molar-refractivity contribution is 5.95. The molecule has 6 nitrogen and oxygen atoms in total. The maximum atomic E-state index is 13.0. The Morgan fingerprint density at radius 1 is 0.931 bits per heavy atom. The Morgan fingerprint density at radius 2 is 1.59 bits per heavy atom. The number of benzene rings is 2. The summed E-state index contributed by atoms with van der Waals surface area (Å²) < 4.78 is 16.0. The predicted octanol–water partition coefficient (Wildman–Crippen LogP) is 4.21. The minimum Gasteiger partial charge on any atom is -0.497 e. The van der Waals surface area contributed by atoms with Gasteiger partial charge < -0.3 is 24.1 Å². The predicted molar refractivity (Wildman–Crippen MR) is 112 cm³/mol. The van der Waals surface area contributed by atoms with E-state index in [4.69, 9.17) is 14.2 Å². The Morgan fingerprint density at radius 3 is 2.21 bits per heavy atom. The third-order valence-electron chi connectivity index (χ3n) is 5.74. The average molecular weight is 394 g/mol. The van der Waals surface area contributed by atoms with E-state index in [0.29, 0.717) is 23.0 Å². The van der Waals surface area contributed by atoms with Crippen LogP contribution in [0.1, 0.15) is 34.7 Å². The summed E-state index contributed by atoms with van der Waals surface area (Å²) >= 11 is 0. The van der Waals surface area contributed by atoms with Gasteiger partial charge in [0.1, 0.15) is 17.2 Å². The highest BCUT2D eigenvalue weighted by Gasteiger charge is 2.26. The third kappa shape index (κ3) is 3.75. The Kier molecular flexibility index (Phi) is 5.34. The lowest BCUT2D eigenvalue weighted by Crippen LogP contribution is -2.37. The number of carbonyl (C=O) groups excluding carboxylic acids is 1. The summed E-state index contributed by atoms with van der Waals surface area (Å²) in [6.45, 7) is 1.44. The summed E-state index contributed by atoms with van der Waals surface area (Å²) in [4.78, 5) is 18.3. The molecule has 0 bridgehead atoms. The van der Waals surface area contributed by atoms with Crippen LogP contribution in [0, 0.1) is 0 Å². The number of ether oxygens (including phenoxy) is 3. The van der Waals surface area contributed by atoms with Crippen molar-refractivity contribution in [1.29, 1.82) is 0 Å². The molecule has 0 unspecified atom stereocenters. The van der Waals surface area contributed by atoms with E-state index in [1.54, 1.807) is 39.5 Å². The Bertz CT molecular complexity index is 997. The van der Waals surface area contributed by atoms with Gasteiger partial charge in [0.25, 0.3) is 5.91 Å². The zero-order valence-corrected chi connectivity index (χ0v) is 17.0. The first-order valence-electron chi connectivity index (χ1n) is 9.80. The summed E-state index contributed by atoms with van der Waals surface area (Å²) in [5.74, 6) is 2.53. The molecular formula is C23H26N2O4. The molecule has 152 valence electrons. The number of aromatic amines is 1. The van der Waals surface area contributed by atoms with Crippen LogP contribution < -0.4 is 14.2 Å². The van der Waals surface area contributed by atoms with Crippen molar-refractivity contribution in [3.05, 3.63) is 53.7 Å². The lowest BCUT2D eigenvalue weighted by atomic mass is 9.89. The average Bonchev–Trinajstić information content (AvgIpc) is 3.21. The van der Waals surface area contributed by atoms with E-state index in [0.717, 1.165) is 37.2 Å². The molecule has 29 heavy (non-hydrogen) atoms. The monoisotopic (exact) mass is 394 g/mol. The van der Waals surface area contributed by atoms with Gasteiger partial charge in [0, 0.05) is 41.8 Å². The molecule has 1 aliphatic rings. The topological polar surface area (TPSA) is 63.8 Å². The molecule has 1 aliphatic heterocycles. The summed E-state index contributed by atoms with van der Waals surface area (Å²) in [7, 11) is 4.86. The van der Waals surface area contributed by atoms with Gasteiger partial charge in [0.05, 0.1) is 21.3 Å². The standard InChI is InChI=1S/C23H26N2O4/c1-27-17-4-5-22-20(13-17)21(14-24-22)15-6-8-25(9-7-15)23(26)16-10-18(28-2)12-19(11-16)29-3/h4-5,10-15,24H,6-9H2,1-3H3. The number of hydrogen-bond donors (Lipinski definition) is 1. The number of likely N-dealkylation sites (tertiary alicyclic amines) is 1. The summed E-state index contributed by atoms with van der Waals surface area (Å²) in [6, 6.07) is 11.4. The van der Waals surface area contributed by atoms with E-state index in [2.05, 4.69) is 17.2 Å². The smallest absolute Gasteiger partial charge is 0.254 e. The highest BCUT2D eigenvalue weighted by atomic mass is 16.5. The largest absolute Gasteiger partial charge is 0.497 e. The molecule has 6 heteroatoms. The van der Waals surface area contributed by atoms with Crippen LogP contribution in [0.15, 0.2) is 42.6 Å². The lowest BCUT2D eigenvalue weighted by molar-refractivity contribution is 0.0712. The zero-order chi connectivity index (χ0) is 20.4. The maximum absolute atomic E-state index is 13.0. The number of methoxy groups -OCH3 is 3. The van der Waals surface area contributed by atoms with Gasteiger partial charge in [-0.05, 0) is 54.7 Å². The van der Waals surface area contributed by atoms with E-state index in [1.165, 1.54) is 10.9 Å². The van der Waals surface area contributed by atoms with Gasteiger partial charge >= 0.3 is 0 Å². The Hall–Kier alpha value is -3.15. The van der Waals surface area contributed by atoms with Crippen LogP contribution in [-0.4, -0.2) is 50.2 Å². The molecule has 2 heterocycles. The van der Waals surface area contributed by atoms with E-state index >= 15 is 0 Å². The van der Waals surface area contributed by atoms with Gasteiger partial charge in [-0.1, -0.05) is 0 Å². The van der Waals surface area contributed by atoms with Crippen molar-refractivity contribution in [3.63, 3.8) is 0 Å². The lowest BCUT2D eigenvalue weighted by Gasteiger charge is -2.32. The number of aromatic nitrogens is 1. The van der Waals surface area contributed by atoms with Crippen LogP contribution >= 0.6 is 0 Å². The fourth-order valence-electron chi connectivity index (χ4n) is 4.09. The van der Waals surface area contributed by atoms with E-state index in [1.807, 2.05) is 17.0 Å². The summed E-state index contributed by atoms with van der Waals surface area (Å²) in [6.07, 6.45) is 3.95. The van der Waals surface area contributed by atoms with Gasteiger partial charge in [0.15, 0.2) is 0 Å². The zero-order valence-electron chi connectivity index (χ0n) is 17.0. The van der Waals surface area contributed by atoms with Crippen LogP contribution in [-0.2, 0) is 0 Å². The molecule has 1 fully saturated rings. The van der Waals surface area contributed by atoms with Gasteiger partial charge in [-0.2, -0.15) is 0 Å². The van der Waals surface area contributed by atoms with Crippen molar-refractivity contribution in [2.45, 2.75) is 18.8 Å². The second-order valence-corrected chi connectivity index (χ2v) is 7.32. The van der Waals surface area contributed by atoms with E-state index < -0.39 is 0 Å². The molecule has 1 aromatic heterocycles. The first-order chi connectivity index (χ1) is 14.1. The molecule has 1 saturated heterocycles. The number of H-pyrrole nitrogens is 1. The van der Waals surface area contributed by atoms with Crippen molar-refractivity contribution >= 4 is 16.8 Å². The second kappa shape index (κ2) is 8.07. The number of rotatable bonds is 5. The molecular weight excluding hydrogens is 368 g/mol. The molecule has 1 amide bonds. The number of amides is 1. The van der Waals surface area contributed by atoms with Crippen molar-refractivity contribution in [1.82, 2.24) is 9.88 Å². The molecule has 0 saturated carbocycles. The van der Waals surface area contributed by atoms with Crippen LogP contribution in [0.2, 0.25) is 0 Å². The number of nitrogens with zero attached hydrogens (tertiary/aromatic N) is 1. The first-order valence-corrected chi connectivity index (χ1v) is 9.80. The van der Waals surface area contributed by atoms with Crippen molar-refractivity contribution in [2.24, 2.45) is 0 Å². The number of nitrogens with one attached hydrogen (secondary N) is 1. The van der Waals surface area contributed by atoms with Gasteiger partial charge in [-0.15, -0.1) is 0 Å². The minimum absolute atomic E-state index is 0.0150. The van der Waals surface area contributed by atoms with E-state index in [9.17, 15) is 4.79 Å².